The summed E-state index contributed by atoms with van der Waals surface area (Å²) in [7, 11) is 0. The Morgan fingerprint density at radius 1 is 0.889 bits per heavy atom. The van der Waals surface area contributed by atoms with Crippen molar-refractivity contribution < 1.29 is 14.0 Å². The lowest BCUT2D eigenvalue weighted by Gasteiger charge is -2.17. The maximum Gasteiger partial charge on any atom is 0.228 e. The van der Waals surface area contributed by atoms with Crippen LogP contribution in [0.15, 0.2) is 48.5 Å². The van der Waals surface area contributed by atoms with Gasteiger partial charge in [0.25, 0.3) is 0 Å². The molecule has 4 rings (SSSR count). The molecule has 1 aliphatic heterocycles. The number of halogens is 1. The van der Waals surface area contributed by atoms with Crippen molar-refractivity contribution >= 4 is 28.9 Å². The van der Waals surface area contributed by atoms with E-state index in [1.807, 2.05) is 24.3 Å². The van der Waals surface area contributed by atoms with Crippen molar-refractivity contribution in [2.45, 2.75) is 19.3 Å². The zero-order chi connectivity index (χ0) is 18.8. The highest BCUT2D eigenvalue weighted by molar-refractivity contribution is 6.03. The number of amides is 2. The van der Waals surface area contributed by atoms with Crippen LogP contribution < -0.4 is 15.5 Å². The van der Waals surface area contributed by atoms with Crippen LogP contribution in [0, 0.1) is 17.7 Å². The smallest absolute Gasteiger partial charge is 0.228 e. The first-order chi connectivity index (χ1) is 13.1. The van der Waals surface area contributed by atoms with E-state index in [2.05, 4.69) is 15.5 Å². The normalized spacial score (nSPS) is 21.0. The summed E-state index contributed by atoms with van der Waals surface area (Å²) in [6.07, 6.45) is 2.92. The third-order valence-electron chi connectivity index (χ3n) is 5.20. The van der Waals surface area contributed by atoms with Gasteiger partial charge < -0.3 is 15.5 Å². The number of nitrogens with one attached hydrogen (secondary N) is 2. The molecule has 2 aromatic carbocycles. The second kappa shape index (κ2) is 7.39. The summed E-state index contributed by atoms with van der Waals surface area (Å²) < 4.78 is 13.6. The van der Waals surface area contributed by atoms with Crippen LogP contribution >= 0.6 is 0 Å². The molecule has 2 aliphatic rings. The molecule has 0 aromatic heterocycles. The summed E-state index contributed by atoms with van der Waals surface area (Å²) in [5.74, 6) is -1.74. The molecule has 2 fully saturated rings. The van der Waals surface area contributed by atoms with E-state index >= 15 is 0 Å². The first-order valence-corrected chi connectivity index (χ1v) is 9.33. The fourth-order valence-corrected chi connectivity index (χ4v) is 3.53. The van der Waals surface area contributed by atoms with Crippen LogP contribution in [-0.2, 0) is 9.59 Å². The number of carbonyl (C=O) groups is 2. The molecule has 1 saturated heterocycles. The van der Waals surface area contributed by atoms with Gasteiger partial charge in [-0.05, 0) is 55.7 Å². The van der Waals surface area contributed by atoms with Gasteiger partial charge in [0.05, 0.1) is 17.5 Å². The molecule has 0 bridgehead atoms. The lowest BCUT2D eigenvalue weighted by Crippen LogP contribution is -2.21. The van der Waals surface area contributed by atoms with E-state index in [9.17, 15) is 14.0 Å². The molecule has 2 amide bonds. The molecule has 1 saturated carbocycles. The van der Waals surface area contributed by atoms with Gasteiger partial charge in [-0.15, -0.1) is 0 Å². The third kappa shape index (κ3) is 3.94. The molecule has 27 heavy (non-hydrogen) atoms. The van der Waals surface area contributed by atoms with Gasteiger partial charge in [-0.1, -0.05) is 12.1 Å². The standard InChI is InChI=1S/C21H22FN3O2/c22-18-5-1-2-6-19(18)24-21(27)17-13-16(17)20(26)23-14-7-9-15(10-8-14)25-11-3-4-12-25/h1-2,5-10,16-17H,3-4,11-13H2,(H,23,26)(H,24,27). The minimum absolute atomic E-state index is 0.144. The Morgan fingerprint density at radius 3 is 2.19 bits per heavy atom. The number of anilines is 3. The predicted molar refractivity (Wildman–Crippen MR) is 103 cm³/mol. The number of hydrogen-bond acceptors (Lipinski definition) is 3. The average molecular weight is 367 g/mol. The minimum atomic E-state index is -0.481. The SMILES string of the molecule is O=C(Nc1ccc(N2CCCC2)cc1)C1CC1C(=O)Nc1ccccc1F. The van der Waals surface area contributed by atoms with E-state index in [4.69, 9.17) is 0 Å². The highest BCUT2D eigenvalue weighted by Crippen LogP contribution is 2.40. The summed E-state index contributed by atoms with van der Waals surface area (Å²) in [5, 5.41) is 5.43. The lowest BCUT2D eigenvalue weighted by molar-refractivity contribution is -0.122. The molecule has 140 valence electrons. The zero-order valence-corrected chi connectivity index (χ0v) is 15.0. The maximum absolute atomic E-state index is 13.6. The van der Waals surface area contributed by atoms with Crippen molar-refractivity contribution in [1.29, 1.82) is 0 Å². The molecule has 0 spiro atoms. The first-order valence-electron chi connectivity index (χ1n) is 9.33. The van der Waals surface area contributed by atoms with E-state index in [1.54, 1.807) is 12.1 Å². The van der Waals surface area contributed by atoms with Crippen LogP contribution in [0.25, 0.3) is 0 Å². The van der Waals surface area contributed by atoms with E-state index < -0.39 is 11.7 Å². The van der Waals surface area contributed by atoms with E-state index in [-0.39, 0.29) is 23.4 Å². The van der Waals surface area contributed by atoms with Crippen LogP contribution in [0.5, 0.6) is 0 Å². The first kappa shape index (κ1) is 17.5. The molecule has 2 atom stereocenters. The molecule has 2 unspecified atom stereocenters. The molecule has 2 aromatic rings. The Hall–Kier alpha value is -2.89. The van der Waals surface area contributed by atoms with Gasteiger partial charge in [0, 0.05) is 24.5 Å². The molecule has 1 aliphatic carbocycles. The van der Waals surface area contributed by atoms with Crippen LogP contribution in [0.2, 0.25) is 0 Å². The predicted octanol–water partition coefficient (Wildman–Crippen LogP) is 3.64. The Morgan fingerprint density at radius 2 is 1.52 bits per heavy atom. The number of carbonyl (C=O) groups excluding carboxylic acids is 2. The minimum Gasteiger partial charge on any atom is -0.372 e. The molecule has 6 heteroatoms. The summed E-state index contributed by atoms with van der Waals surface area (Å²) in [6.45, 7) is 2.15. The topological polar surface area (TPSA) is 61.4 Å². The maximum atomic E-state index is 13.6. The number of benzene rings is 2. The van der Waals surface area contributed by atoms with Gasteiger partial charge in [0.2, 0.25) is 11.8 Å². The summed E-state index contributed by atoms with van der Waals surface area (Å²) in [6, 6.07) is 13.8. The monoisotopic (exact) mass is 367 g/mol. The largest absolute Gasteiger partial charge is 0.372 e. The molecular formula is C21H22FN3O2. The molecule has 5 nitrogen and oxygen atoms in total. The van der Waals surface area contributed by atoms with Crippen molar-refractivity contribution in [3.05, 3.63) is 54.3 Å². The second-order valence-electron chi connectivity index (χ2n) is 7.15. The molecular weight excluding hydrogens is 345 g/mol. The number of rotatable bonds is 5. The zero-order valence-electron chi connectivity index (χ0n) is 15.0. The van der Waals surface area contributed by atoms with Gasteiger partial charge >= 0.3 is 0 Å². The third-order valence-corrected chi connectivity index (χ3v) is 5.20. The quantitative estimate of drug-likeness (QED) is 0.848. The van der Waals surface area contributed by atoms with Crippen LogP contribution in [-0.4, -0.2) is 24.9 Å². The van der Waals surface area contributed by atoms with E-state index in [0.717, 1.165) is 18.8 Å². The Bertz CT molecular complexity index is 847. The van der Waals surface area contributed by atoms with Crippen molar-refractivity contribution in [3.8, 4) is 0 Å². The van der Waals surface area contributed by atoms with E-state index in [1.165, 1.54) is 30.7 Å². The number of hydrogen-bond donors (Lipinski definition) is 2. The fourth-order valence-electron chi connectivity index (χ4n) is 3.53. The Balaban J connectivity index is 1.30. The average Bonchev–Trinajstić information content (AvgIpc) is 3.30. The highest BCUT2D eigenvalue weighted by Gasteiger charge is 2.48. The lowest BCUT2D eigenvalue weighted by atomic mass is 10.2. The van der Waals surface area contributed by atoms with Crippen LogP contribution in [0.1, 0.15) is 19.3 Å². The van der Waals surface area contributed by atoms with Gasteiger partial charge in [0.1, 0.15) is 5.82 Å². The summed E-state index contributed by atoms with van der Waals surface area (Å²) >= 11 is 0. The van der Waals surface area contributed by atoms with Crippen molar-refractivity contribution in [3.63, 3.8) is 0 Å². The molecule has 1 heterocycles. The van der Waals surface area contributed by atoms with Crippen molar-refractivity contribution in [2.75, 3.05) is 28.6 Å². The van der Waals surface area contributed by atoms with Crippen LogP contribution in [0.4, 0.5) is 21.5 Å². The van der Waals surface area contributed by atoms with Gasteiger partial charge in [-0.25, -0.2) is 4.39 Å². The molecule has 0 radical (unpaired) electrons. The summed E-state index contributed by atoms with van der Waals surface area (Å²) in [5.41, 5.74) is 2.04. The fraction of sp³-hybridized carbons (Fsp3) is 0.333. The van der Waals surface area contributed by atoms with Crippen LogP contribution in [0.3, 0.4) is 0 Å². The number of para-hydroxylation sites is 1. The van der Waals surface area contributed by atoms with Crippen molar-refractivity contribution in [1.82, 2.24) is 0 Å². The second-order valence-corrected chi connectivity index (χ2v) is 7.15. The van der Waals surface area contributed by atoms with Gasteiger partial charge in [-0.2, -0.15) is 0 Å². The highest BCUT2D eigenvalue weighted by atomic mass is 19.1. The van der Waals surface area contributed by atoms with E-state index in [0.29, 0.717) is 6.42 Å². The van der Waals surface area contributed by atoms with Gasteiger partial charge in [-0.3, -0.25) is 9.59 Å². The summed E-state index contributed by atoms with van der Waals surface area (Å²) in [4.78, 5) is 26.9. The van der Waals surface area contributed by atoms with Crippen molar-refractivity contribution in [2.24, 2.45) is 11.8 Å². The van der Waals surface area contributed by atoms with Gasteiger partial charge in [0.15, 0.2) is 0 Å². The Kier molecular flexibility index (Phi) is 4.79. The number of nitrogens with zero attached hydrogens (tertiary/aromatic N) is 1. The molecule has 2 N–H and O–H groups in total. The Labute approximate surface area is 157 Å².